The molecule has 0 radical (unpaired) electrons. The maximum absolute atomic E-state index is 4.51. The Hall–Kier alpha value is -1.29. The van der Waals surface area contributed by atoms with Crippen LogP contribution in [0.2, 0.25) is 0 Å². The van der Waals surface area contributed by atoms with Crippen LogP contribution in [-0.2, 0) is 0 Å². The second kappa shape index (κ2) is 6.45. The van der Waals surface area contributed by atoms with Crippen LogP contribution < -0.4 is 5.32 Å². The molecule has 90 valence electrons. The van der Waals surface area contributed by atoms with Crippen LogP contribution in [0.3, 0.4) is 0 Å². The monoisotopic (exact) mass is 247 g/mol. The van der Waals surface area contributed by atoms with Gasteiger partial charge in [0.25, 0.3) is 0 Å². The van der Waals surface area contributed by atoms with E-state index in [-0.39, 0.29) is 0 Å². The number of rotatable bonds is 6. The van der Waals surface area contributed by atoms with Gasteiger partial charge in [0.1, 0.15) is 5.82 Å². The van der Waals surface area contributed by atoms with E-state index in [2.05, 4.69) is 21.5 Å². The van der Waals surface area contributed by atoms with Crippen molar-refractivity contribution in [2.75, 3.05) is 23.9 Å². The molecule has 0 atom stereocenters. The van der Waals surface area contributed by atoms with Crippen LogP contribution in [0.5, 0.6) is 0 Å². The smallest absolute Gasteiger partial charge is 0.145 e. The van der Waals surface area contributed by atoms with Gasteiger partial charge in [0, 0.05) is 6.54 Å². The number of thioether (sulfide) groups is 1. The summed E-state index contributed by atoms with van der Waals surface area (Å²) in [5.41, 5.74) is 1.89. The van der Waals surface area contributed by atoms with Gasteiger partial charge in [-0.1, -0.05) is 12.1 Å². The second-order valence-electron chi connectivity index (χ2n) is 3.87. The Kier molecular flexibility index (Phi) is 4.62. The van der Waals surface area contributed by atoms with E-state index in [1.807, 2.05) is 36.0 Å². The maximum Gasteiger partial charge on any atom is 0.145 e. The quantitative estimate of drug-likeness (QED) is 0.796. The zero-order valence-corrected chi connectivity index (χ0v) is 10.8. The number of benzene rings is 1. The molecule has 0 saturated heterocycles. The highest BCUT2D eigenvalue weighted by Crippen LogP contribution is 2.11. The van der Waals surface area contributed by atoms with Gasteiger partial charge in [0.05, 0.1) is 17.2 Å². The fourth-order valence-electron chi connectivity index (χ4n) is 1.63. The molecule has 1 aromatic carbocycles. The molecule has 3 nitrogen and oxygen atoms in total. The summed E-state index contributed by atoms with van der Waals surface area (Å²) in [6, 6.07) is 7.93. The first-order valence-electron chi connectivity index (χ1n) is 5.85. The molecular weight excluding hydrogens is 230 g/mol. The molecule has 0 spiro atoms. The van der Waals surface area contributed by atoms with E-state index in [4.69, 9.17) is 0 Å². The van der Waals surface area contributed by atoms with Crippen molar-refractivity contribution in [3.05, 3.63) is 30.5 Å². The van der Waals surface area contributed by atoms with Crippen molar-refractivity contribution < 1.29 is 0 Å². The van der Waals surface area contributed by atoms with Crippen LogP contribution in [0, 0.1) is 0 Å². The Labute approximate surface area is 106 Å². The maximum atomic E-state index is 4.51. The zero-order chi connectivity index (χ0) is 11.9. The van der Waals surface area contributed by atoms with Gasteiger partial charge in [-0.05, 0) is 37.0 Å². The molecule has 1 N–H and O–H groups in total. The Morgan fingerprint density at radius 2 is 2.00 bits per heavy atom. The molecule has 0 bridgehead atoms. The van der Waals surface area contributed by atoms with Crippen LogP contribution in [0.25, 0.3) is 11.0 Å². The number of unbranched alkanes of at least 4 members (excludes halogenated alkanes) is 1. The summed E-state index contributed by atoms with van der Waals surface area (Å²) in [6.45, 7) is 0.966. The largest absolute Gasteiger partial charge is 0.369 e. The number of nitrogens with zero attached hydrogens (tertiary/aromatic N) is 2. The van der Waals surface area contributed by atoms with Crippen molar-refractivity contribution in [2.45, 2.75) is 12.8 Å². The van der Waals surface area contributed by atoms with Crippen LogP contribution >= 0.6 is 11.8 Å². The molecule has 0 amide bonds. The fourth-order valence-corrected chi connectivity index (χ4v) is 2.12. The van der Waals surface area contributed by atoms with Gasteiger partial charge in [-0.3, -0.25) is 4.98 Å². The molecule has 2 aromatic rings. The Bertz CT molecular complexity index is 473. The zero-order valence-electron chi connectivity index (χ0n) is 10.0. The topological polar surface area (TPSA) is 37.8 Å². The summed E-state index contributed by atoms with van der Waals surface area (Å²) in [7, 11) is 0. The minimum absolute atomic E-state index is 0.868. The lowest BCUT2D eigenvalue weighted by atomic mass is 10.3. The molecule has 1 heterocycles. The van der Waals surface area contributed by atoms with Crippen molar-refractivity contribution in [3.8, 4) is 0 Å². The summed E-state index contributed by atoms with van der Waals surface area (Å²) in [5, 5.41) is 3.31. The fraction of sp³-hybridized carbons (Fsp3) is 0.385. The van der Waals surface area contributed by atoms with Crippen molar-refractivity contribution in [2.24, 2.45) is 0 Å². The van der Waals surface area contributed by atoms with Gasteiger partial charge >= 0.3 is 0 Å². The van der Waals surface area contributed by atoms with Crippen molar-refractivity contribution in [1.82, 2.24) is 9.97 Å². The normalized spacial score (nSPS) is 10.6. The lowest BCUT2D eigenvalue weighted by molar-refractivity contribution is 0.840. The van der Waals surface area contributed by atoms with Crippen LogP contribution in [0.1, 0.15) is 12.8 Å². The molecular formula is C13H17N3S. The van der Waals surface area contributed by atoms with Gasteiger partial charge in [-0.25, -0.2) is 4.98 Å². The van der Waals surface area contributed by atoms with Crippen molar-refractivity contribution in [3.63, 3.8) is 0 Å². The molecule has 17 heavy (non-hydrogen) atoms. The molecule has 2 rings (SSSR count). The van der Waals surface area contributed by atoms with Gasteiger partial charge < -0.3 is 5.32 Å². The highest BCUT2D eigenvalue weighted by atomic mass is 32.2. The number of para-hydroxylation sites is 2. The van der Waals surface area contributed by atoms with E-state index in [0.29, 0.717) is 0 Å². The van der Waals surface area contributed by atoms with E-state index in [1.54, 1.807) is 6.20 Å². The molecule has 1 aromatic heterocycles. The van der Waals surface area contributed by atoms with Crippen molar-refractivity contribution >= 4 is 28.6 Å². The van der Waals surface area contributed by atoms with Gasteiger partial charge in [0.2, 0.25) is 0 Å². The molecule has 0 unspecified atom stereocenters. The summed E-state index contributed by atoms with van der Waals surface area (Å²) in [6.07, 6.45) is 6.36. The number of fused-ring (bicyclic) bond motifs is 1. The highest BCUT2D eigenvalue weighted by Gasteiger charge is 1.97. The van der Waals surface area contributed by atoms with Gasteiger partial charge in [-0.2, -0.15) is 11.8 Å². The second-order valence-corrected chi connectivity index (χ2v) is 4.86. The summed E-state index contributed by atoms with van der Waals surface area (Å²) in [4.78, 5) is 8.88. The first kappa shape index (κ1) is 12.2. The van der Waals surface area contributed by atoms with Crippen LogP contribution in [0.15, 0.2) is 30.5 Å². The molecule has 0 aliphatic heterocycles. The number of hydrogen-bond donors (Lipinski definition) is 1. The predicted octanol–water partition coefficient (Wildman–Crippen LogP) is 3.18. The third-order valence-corrected chi connectivity index (χ3v) is 3.23. The lowest BCUT2D eigenvalue weighted by Crippen LogP contribution is -2.04. The first-order valence-corrected chi connectivity index (χ1v) is 7.24. The third kappa shape index (κ3) is 3.60. The average molecular weight is 247 g/mol. The standard InChI is InChI=1S/C13H17N3S/c1-17-9-5-4-8-14-13-10-15-11-6-2-3-7-12(11)16-13/h2-3,6-7,10H,4-5,8-9H2,1H3,(H,14,16). The Balaban J connectivity index is 1.90. The van der Waals surface area contributed by atoms with E-state index in [0.717, 1.165) is 23.4 Å². The molecule has 0 saturated carbocycles. The Morgan fingerprint density at radius 1 is 1.18 bits per heavy atom. The number of anilines is 1. The number of nitrogens with one attached hydrogen (secondary N) is 1. The molecule has 0 aliphatic carbocycles. The van der Waals surface area contributed by atoms with Crippen molar-refractivity contribution in [1.29, 1.82) is 0 Å². The molecule has 0 aliphatic rings. The molecule has 4 heteroatoms. The SMILES string of the molecule is CSCCCCNc1cnc2ccccc2n1. The number of aromatic nitrogens is 2. The van der Waals surface area contributed by atoms with E-state index in [9.17, 15) is 0 Å². The van der Waals surface area contributed by atoms with Gasteiger partial charge in [-0.15, -0.1) is 0 Å². The average Bonchev–Trinajstić information content (AvgIpc) is 2.38. The Morgan fingerprint density at radius 3 is 2.82 bits per heavy atom. The van der Waals surface area contributed by atoms with Crippen LogP contribution in [0.4, 0.5) is 5.82 Å². The first-order chi connectivity index (χ1) is 8.40. The minimum atomic E-state index is 0.868. The molecule has 0 fully saturated rings. The lowest BCUT2D eigenvalue weighted by Gasteiger charge is -2.05. The van der Waals surface area contributed by atoms with Crippen LogP contribution in [-0.4, -0.2) is 28.5 Å². The van der Waals surface area contributed by atoms with E-state index in [1.165, 1.54) is 18.6 Å². The summed E-state index contributed by atoms with van der Waals surface area (Å²) < 4.78 is 0. The minimum Gasteiger partial charge on any atom is -0.369 e. The predicted molar refractivity (Wildman–Crippen MR) is 75.6 cm³/mol. The summed E-state index contributed by atoms with van der Waals surface area (Å²) in [5.74, 6) is 2.10. The highest BCUT2D eigenvalue weighted by molar-refractivity contribution is 7.98. The summed E-state index contributed by atoms with van der Waals surface area (Å²) >= 11 is 1.89. The third-order valence-electron chi connectivity index (χ3n) is 2.53. The van der Waals surface area contributed by atoms with E-state index < -0.39 is 0 Å². The van der Waals surface area contributed by atoms with E-state index >= 15 is 0 Å². The van der Waals surface area contributed by atoms with Gasteiger partial charge in [0.15, 0.2) is 0 Å². The number of hydrogen-bond acceptors (Lipinski definition) is 4.